The SMILES string of the molecule is CC(C)N1CCC(CNc2nc(Cl)ccc2[N+](=O)[O-])C1. The number of likely N-dealkylation sites (tertiary alicyclic amines) is 1. The van der Waals surface area contributed by atoms with Gasteiger partial charge in [-0.1, -0.05) is 11.6 Å². The van der Waals surface area contributed by atoms with Crippen LogP contribution in [0.15, 0.2) is 12.1 Å². The van der Waals surface area contributed by atoms with Crippen molar-refractivity contribution >= 4 is 23.1 Å². The maximum atomic E-state index is 10.9. The van der Waals surface area contributed by atoms with Crippen molar-refractivity contribution in [1.29, 1.82) is 0 Å². The van der Waals surface area contributed by atoms with Crippen molar-refractivity contribution in [1.82, 2.24) is 9.88 Å². The minimum absolute atomic E-state index is 0.0342. The smallest absolute Gasteiger partial charge is 0.311 e. The summed E-state index contributed by atoms with van der Waals surface area (Å²) in [5.74, 6) is 0.739. The molecule has 7 heteroatoms. The van der Waals surface area contributed by atoms with Crippen LogP contribution >= 0.6 is 11.6 Å². The Balaban J connectivity index is 1.98. The molecule has 1 N–H and O–H groups in total. The number of halogens is 1. The van der Waals surface area contributed by atoms with Crippen LogP contribution in [0, 0.1) is 16.0 Å². The maximum Gasteiger partial charge on any atom is 0.311 e. The predicted molar refractivity (Wildman–Crippen MR) is 79.2 cm³/mol. The number of aromatic nitrogens is 1. The number of anilines is 1. The molecule has 1 unspecified atom stereocenters. The van der Waals surface area contributed by atoms with Gasteiger partial charge in [0.15, 0.2) is 0 Å². The molecule has 0 amide bonds. The Morgan fingerprint density at radius 3 is 2.95 bits per heavy atom. The Hall–Kier alpha value is -1.40. The molecule has 1 aliphatic rings. The average molecular weight is 299 g/mol. The molecule has 1 aliphatic heterocycles. The van der Waals surface area contributed by atoms with Gasteiger partial charge in [0.25, 0.3) is 0 Å². The lowest BCUT2D eigenvalue weighted by Gasteiger charge is -2.20. The highest BCUT2D eigenvalue weighted by atomic mass is 35.5. The maximum absolute atomic E-state index is 10.9. The summed E-state index contributed by atoms with van der Waals surface area (Å²) in [5.41, 5.74) is -0.0342. The zero-order valence-corrected chi connectivity index (χ0v) is 12.4. The normalized spacial score (nSPS) is 19.5. The van der Waals surface area contributed by atoms with E-state index in [0.717, 1.165) is 19.5 Å². The van der Waals surface area contributed by atoms with Crippen LogP contribution in [0.5, 0.6) is 0 Å². The van der Waals surface area contributed by atoms with E-state index in [4.69, 9.17) is 11.6 Å². The number of nitro groups is 1. The first-order valence-corrected chi connectivity index (χ1v) is 7.14. The lowest BCUT2D eigenvalue weighted by atomic mass is 10.1. The lowest BCUT2D eigenvalue weighted by molar-refractivity contribution is -0.384. The fourth-order valence-corrected chi connectivity index (χ4v) is 2.59. The third-order valence-electron chi connectivity index (χ3n) is 3.64. The summed E-state index contributed by atoms with van der Waals surface area (Å²) < 4.78 is 0. The molecule has 1 fully saturated rings. The van der Waals surface area contributed by atoms with E-state index in [2.05, 4.69) is 29.0 Å². The first-order valence-electron chi connectivity index (χ1n) is 6.76. The summed E-state index contributed by atoms with van der Waals surface area (Å²) in [7, 11) is 0. The van der Waals surface area contributed by atoms with Crippen LogP contribution in [-0.4, -0.2) is 40.5 Å². The second-order valence-electron chi connectivity index (χ2n) is 5.38. The Kier molecular flexibility index (Phi) is 4.77. The van der Waals surface area contributed by atoms with Gasteiger partial charge in [-0.25, -0.2) is 4.98 Å². The van der Waals surface area contributed by atoms with Crippen LogP contribution < -0.4 is 5.32 Å². The second-order valence-corrected chi connectivity index (χ2v) is 5.77. The van der Waals surface area contributed by atoms with Crippen molar-refractivity contribution in [2.45, 2.75) is 26.3 Å². The molecule has 2 heterocycles. The molecule has 0 radical (unpaired) electrons. The molecule has 2 rings (SSSR count). The van der Waals surface area contributed by atoms with E-state index in [1.165, 1.54) is 12.1 Å². The molecule has 1 aromatic rings. The summed E-state index contributed by atoms with van der Waals surface area (Å²) in [4.78, 5) is 16.9. The summed E-state index contributed by atoms with van der Waals surface area (Å²) in [6.07, 6.45) is 1.10. The van der Waals surface area contributed by atoms with Crippen molar-refractivity contribution < 1.29 is 4.92 Å². The number of rotatable bonds is 5. The Labute approximate surface area is 123 Å². The Bertz CT molecular complexity index is 495. The second kappa shape index (κ2) is 6.37. The highest BCUT2D eigenvalue weighted by molar-refractivity contribution is 6.29. The van der Waals surface area contributed by atoms with Gasteiger partial charge in [-0.2, -0.15) is 0 Å². The third kappa shape index (κ3) is 3.58. The van der Waals surface area contributed by atoms with Crippen molar-refractivity contribution in [3.05, 3.63) is 27.4 Å². The predicted octanol–water partition coefficient (Wildman–Crippen LogP) is 2.79. The first kappa shape index (κ1) is 15.0. The lowest BCUT2D eigenvalue weighted by Crippen LogP contribution is -2.29. The fourth-order valence-electron chi connectivity index (χ4n) is 2.44. The van der Waals surface area contributed by atoms with Crippen LogP contribution in [-0.2, 0) is 0 Å². The van der Waals surface area contributed by atoms with Crippen molar-refractivity contribution in [2.24, 2.45) is 5.92 Å². The van der Waals surface area contributed by atoms with E-state index in [9.17, 15) is 10.1 Å². The van der Waals surface area contributed by atoms with E-state index in [0.29, 0.717) is 18.5 Å². The van der Waals surface area contributed by atoms with Gasteiger partial charge in [-0.3, -0.25) is 10.1 Å². The topological polar surface area (TPSA) is 71.3 Å². The molecule has 110 valence electrons. The molecule has 6 nitrogen and oxygen atoms in total. The van der Waals surface area contributed by atoms with Crippen molar-refractivity contribution in [2.75, 3.05) is 25.0 Å². The van der Waals surface area contributed by atoms with Gasteiger partial charge >= 0.3 is 5.69 Å². The molecular formula is C13H19ClN4O2. The van der Waals surface area contributed by atoms with Crippen molar-refractivity contribution in [3.63, 3.8) is 0 Å². The zero-order valence-electron chi connectivity index (χ0n) is 11.7. The average Bonchev–Trinajstić information content (AvgIpc) is 2.85. The molecule has 0 spiro atoms. The standard InChI is InChI=1S/C13H19ClN4O2/c1-9(2)17-6-5-10(8-17)7-15-13-11(18(19)20)3-4-12(14)16-13/h3-4,9-10H,5-8H2,1-2H3,(H,15,16). The molecule has 0 aromatic carbocycles. The molecule has 0 aliphatic carbocycles. The number of pyridine rings is 1. The van der Waals surface area contributed by atoms with Crippen LogP contribution in [0.2, 0.25) is 5.15 Å². The van der Waals surface area contributed by atoms with Gasteiger partial charge in [0.1, 0.15) is 5.15 Å². The summed E-state index contributed by atoms with van der Waals surface area (Å²) in [5, 5.41) is 14.3. The van der Waals surface area contributed by atoms with E-state index < -0.39 is 4.92 Å². The molecule has 0 bridgehead atoms. The quantitative estimate of drug-likeness (QED) is 0.514. The van der Waals surface area contributed by atoms with Crippen LogP contribution in [0.4, 0.5) is 11.5 Å². The molecular weight excluding hydrogens is 280 g/mol. The fraction of sp³-hybridized carbons (Fsp3) is 0.615. The summed E-state index contributed by atoms with van der Waals surface area (Å²) in [6, 6.07) is 3.35. The highest BCUT2D eigenvalue weighted by Crippen LogP contribution is 2.25. The molecule has 0 saturated carbocycles. The number of hydrogen-bond donors (Lipinski definition) is 1. The van der Waals surface area contributed by atoms with Crippen LogP contribution in [0.25, 0.3) is 0 Å². The zero-order chi connectivity index (χ0) is 14.7. The van der Waals surface area contributed by atoms with Crippen molar-refractivity contribution in [3.8, 4) is 0 Å². The molecule has 20 heavy (non-hydrogen) atoms. The number of nitrogens with one attached hydrogen (secondary N) is 1. The number of hydrogen-bond acceptors (Lipinski definition) is 5. The Morgan fingerprint density at radius 1 is 1.60 bits per heavy atom. The Morgan fingerprint density at radius 2 is 2.35 bits per heavy atom. The highest BCUT2D eigenvalue weighted by Gasteiger charge is 2.25. The van der Waals surface area contributed by atoms with Gasteiger partial charge < -0.3 is 10.2 Å². The van der Waals surface area contributed by atoms with Gasteiger partial charge in [-0.05, 0) is 38.8 Å². The first-order chi connectivity index (χ1) is 9.47. The monoisotopic (exact) mass is 298 g/mol. The number of nitrogens with zero attached hydrogens (tertiary/aromatic N) is 3. The third-order valence-corrected chi connectivity index (χ3v) is 3.85. The summed E-state index contributed by atoms with van der Waals surface area (Å²) in [6.45, 7) is 7.13. The van der Waals surface area contributed by atoms with Crippen LogP contribution in [0.1, 0.15) is 20.3 Å². The van der Waals surface area contributed by atoms with E-state index >= 15 is 0 Å². The molecule has 1 atom stereocenters. The van der Waals surface area contributed by atoms with E-state index in [-0.39, 0.29) is 16.7 Å². The van der Waals surface area contributed by atoms with E-state index in [1.54, 1.807) is 0 Å². The van der Waals surface area contributed by atoms with Gasteiger partial charge in [0, 0.05) is 25.2 Å². The molecule has 1 saturated heterocycles. The summed E-state index contributed by atoms with van der Waals surface area (Å²) >= 11 is 5.80. The minimum Gasteiger partial charge on any atom is -0.364 e. The van der Waals surface area contributed by atoms with Gasteiger partial charge in [0.05, 0.1) is 4.92 Å². The van der Waals surface area contributed by atoms with Gasteiger partial charge in [0.2, 0.25) is 5.82 Å². The van der Waals surface area contributed by atoms with Crippen LogP contribution in [0.3, 0.4) is 0 Å². The van der Waals surface area contributed by atoms with Gasteiger partial charge in [-0.15, -0.1) is 0 Å². The van der Waals surface area contributed by atoms with E-state index in [1.807, 2.05) is 0 Å². The molecule has 1 aromatic heterocycles. The minimum atomic E-state index is -0.444. The largest absolute Gasteiger partial charge is 0.364 e.